The van der Waals surface area contributed by atoms with Gasteiger partial charge in [-0.15, -0.1) is 0 Å². The van der Waals surface area contributed by atoms with Gasteiger partial charge in [-0.05, 0) is 0 Å². The molecule has 0 aliphatic rings. The molecule has 0 heterocycles. The van der Waals surface area contributed by atoms with E-state index in [4.69, 9.17) is 0 Å². The Hall–Kier alpha value is -0.190. The number of nitrogens with zero attached hydrogens (tertiary/aromatic N) is 1. The molecule has 0 aromatic heterocycles. The summed E-state index contributed by atoms with van der Waals surface area (Å²) in [6.45, 7) is -0.496. The van der Waals surface area contributed by atoms with Gasteiger partial charge in [0.1, 0.15) is 0 Å². The molecule has 0 unspecified atom stereocenters. The molecule has 0 saturated carbocycles. The highest BCUT2D eigenvalue weighted by molar-refractivity contribution is 9.09. The molecule has 0 radical (unpaired) electrons. The fraction of sp³-hybridized carbons (Fsp3) is 0.800. The van der Waals surface area contributed by atoms with Crippen molar-refractivity contribution in [2.75, 3.05) is 18.9 Å². The average Bonchev–Trinajstić information content (AvgIpc) is 1.85. The van der Waals surface area contributed by atoms with Gasteiger partial charge >= 0.3 is 0 Å². The van der Waals surface area contributed by atoms with E-state index in [-0.39, 0.29) is 11.2 Å². The van der Waals surface area contributed by atoms with Crippen molar-refractivity contribution in [3.8, 4) is 0 Å². The lowest BCUT2D eigenvalue weighted by atomic mass is 10.5. The fourth-order valence-electron chi connectivity index (χ4n) is 0.411. The predicted molar refractivity (Wildman–Crippen MR) is 37.4 cm³/mol. The third-order valence-corrected chi connectivity index (χ3v) is 1.43. The van der Waals surface area contributed by atoms with Gasteiger partial charge in [-0.2, -0.15) is 0 Å². The molecule has 0 fully saturated rings. The maximum atomic E-state index is 11.6. The predicted octanol–water partition coefficient (Wildman–Crippen LogP) is 1.10. The maximum absolute atomic E-state index is 11.6. The molecule has 0 aliphatic carbocycles. The van der Waals surface area contributed by atoms with Crippen molar-refractivity contribution < 1.29 is 13.6 Å². The second-order valence-electron chi connectivity index (χ2n) is 1.80. The summed E-state index contributed by atoms with van der Waals surface area (Å²) >= 11 is 2.87. The molecular weight excluding hydrogens is 208 g/mol. The second kappa shape index (κ2) is 4.60. The Morgan fingerprint density at radius 3 is 2.50 bits per heavy atom. The highest BCUT2D eigenvalue weighted by atomic mass is 79.9. The van der Waals surface area contributed by atoms with E-state index in [1.165, 1.54) is 7.05 Å². The standard InChI is InChI=1S/C5H8BrF2NO/c1-9(3-4(7)8)5(10)2-6/h4H,2-3H2,1H3. The number of hydrogen-bond donors (Lipinski definition) is 0. The Balaban J connectivity index is 3.61. The normalized spacial score (nSPS) is 10.1. The van der Waals surface area contributed by atoms with E-state index in [1.807, 2.05) is 0 Å². The summed E-state index contributed by atoms with van der Waals surface area (Å²) in [5.41, 5.74) is 0. The van der Waals surface area contributed by atoms with Crippen LogP contribution in [0.2, 0.25) is 0 Å². The molecule has 0 aromatic carbocycles. The Labute approximate surface area is 66.3 Å². The van der Waals surface area contributed by atoms with E-state index in [1.54, 1.807) is 0 Å². The topological polar surface area (TPSA) is 20.3 Å². The zero-order chi connectivity index (χ0) is 8.15. The summed E-state index contributed by atoms with van der Waals surface area (Å²) in [6, 6.07) is 0. The van der Waals surface area contributed by atoms with Crippen LogP contribution in [0.1, 0.15) is 0 Å². The lowest BCUT2D eigenvalue weighted by Gasteiger charge is -2.14. The summed E-state index contributed by atoms with van der Waals surface area (Å²) in [5.74, 6) is -0.333. The first-order chi connectivity index (χ1) is 4.57. The largest absolute Gasteiger partial charge is 0.339 e. The Morgan fingerprint density at radius 1 is 1.70 bits per heavy atom. The van der Waals surface area contributed by atoms with Crippen molar-refractivity contribution in [1.82, 2.24) is 4.90 Å². The Bertz CT molecular complexity index is 120. The third kappa shape index (κ3) is 3.76. The Kier molecular flexibility index (Phi) is 4.51. The molecule has 0 N–H and O–H groups in total. The van der Waals surface area contributed by atoms with Crippen molar-refractivity contribution in [3.63, 3.8) is 0 Å². The average molecular weight is 216 g/mol. The van der Waals surface area contributed by atoms with E-state index in [9.17, 15) is 13.6 Å². The number of carbonyl (C=O) groups excluding carboxylic acids is 1. The summed E-state index contributed by atoms with van der Waals surface area (Å²) in [7, 11) is 1.34. The van der Waals surface area contributed by atoms with Gasteiger partial charge in [0, 0.05) is 7.05 Å². The minimum absolute atomic E-state index is 0.0935. The lowest BCUT2D eigenvalue weighted by molar-refractivity contribution is -0.128. The molecular formula is C5H8BrF2NO. The van der Waals surface area contributed by atoms with Gasteiger partial charge in [0.25, 0.3) is 6.43 Å². The SMILES string of the molecule is CN(CC(F)F)C(=O)CBr. The van der Waals surface area contributed by atoms with Crippen LogP contribution in [0, 0.1) is 0 Å². The molecule has 10 heavy (non-hydrogen) atoms. The zero-order valence-corrected chi connectivity index (χ0v) is 7.07. The molecule has 5 heteroatoms. The van der Waals surface area contributed by atoms with Crippen molar-refractivity contribution in [2.24, 2.45) is 0 Å². The third-order valence-electron chi connectivity index (χ3n) is 0.952. The van der Waals surface area contributed by atoms with Crippen LogP contribution in [0.25, 0.3) is 0 Å². The van der Waals surface area contributed by atoms with Crippen molar-refractivity contribution in [1.29, 1.82) is 0 Å². The minimum Gasteiger partial charge on any atom is -0.339 e. The van der Waals surface area contributed by atoms with Crippen LogP contribution in [0.15, 0.2) is 0 Å². The summed E-state index contributed by atoms with van der Waals surface area (Å²) in [4.78, 5) is 11.6. The van der Waals surface area contributed by atoms with Gasteiger partial charge in [-0.1, -0.05) is 15.9 Å². The van der Waals surface area contributed by atoms with Gasteiger partial charge in [0.05, 0.1) is 11.9 Å². The summed E-state index contributed by atoms with van der Waals surface area (Å²) in [6.07, 6.45) is -2.45. The first-order valence-electron chi connectivity index (χ1n) is 2.66. The monoisotopic (exact) mass is 215 g/mol. The van der Waals surface area contributed by atoms with Gasteiger partial charge in [0.15, 0.2) is 0 Å². The van der Waals surface area contributed by atoms with E-state index in [0.29, 0.717) is 0 Å². The highest BCUT2D eigenvalue weighted by Gasteiger charge is 2.11. The van der Waals surface area contributed by atoms with Crippen LogP contribution < -0.4 is 0 Å². The quantitative estimate of drug-likeness (QED) is 0.647. The van der Waals surface area contributed by atoms with Gasteiger partial charge in [0.2, 0.25) is 5.91 Å². The Morgan fingerprint density at radius 2 is 2.20 bits per heavy atom. The molecule has 0 spiro atoms. The fourth-order valence-corrected chi connectivity index (χ4v) is 0.839. The number of carbonyl (C=O) groups is 1. The molecule has 0 aromatic rings. The first kappa shape index (κ1) is 9.81. The molecule has 0 rings (SSSR count). The molecule has 0 bridgehead atoms. The number of halogens is 3. The smallest absolute Gasteiger partial charge is 0.255 e. The van der Waals surface area contributed by atoms with E-state index in [2.05, 4.69) is 15.9 Å². The summed E-state index contributed by atoms with van der Waals surface area (Å²) < 4.78 is 23.1. The van der Waals surface area contributed by atoms with E-state index >= 15 is 0 Å². The lowest BCUT2D eigenvalue weighted by Crippen LogP contribution is -2.31. The van der Waals surface area contributed by atoms with Gasteiger partial charge < -0.3 is 4.90 Å². The highest BCUT2D eigenvalue weighted by Crippen LogP contribution is 1.97. The number of alkyl halides is 3. The molecule has 2 nitrogen and oxygen atoms in total. The van der Waals surface area contributed by atoms with Gasteiger partial charge in [-0.25, -0.2) is 8.78 Å². The molecule has 0 aliphatic heterocycles. The van der Waals surface area contributed by atoms with Crippen LogP contribution in [0.5, 0.6) is 0 Å². The number of hydrogen-bond acceptors (Lipinski definition) is 1. The van der Waals surface area contributed by atoms with Crippen LogP contribution in [-0.2, 0) is 4.79 Å². The van der Waals surface area contributed by atoms with Crippen molar-refractivity contribution in [3.05, 3.63) is 0 Å². The van der Waals surface area contributed by atoms with Crippen LogP contribution in [0.4, 0.5) is 8.78 Å². The van der Waals surface area contributed by atoms with Crippen LogP contribution in [0.3, 0.4) is 0 Å². The van der Waals surface area contributed by atoms with Crippen LogP contribution >= 0.6 is 15.9 Å². The summed E-state index contributed by atoms with van der Waals surface area (Å²) in [5, 5.41) is 0.0935. The number of rotatable bonds is 3. The first-order valence-corrected chi connectivity index (χ1v) is 3.78. The minimum atomic E-state index is -2.45. The zero-order valence-electron chi connectivity index (χ0n) is 5.48. The molecule has 1 amide bonds. The number of amides is 1. The molecule has 0 saturated heterocycles. The van der Waals surface area contributed by atoms with Crippen molar-refractivity contribution >= 4 is 21.8 Å². The van der Waals surface area contributed by atoms with E-state index < -0.39 is 13.0 Å². The van der Waals surface area contributed by atoms with Crippen LogP contribution in [-0.4, -0.2) is 36.2 Å². The molecule has 0 atom stereocenters. The van der Waals surface area contributed by atoms with Crippen molar-refractivity contribution in [2.45, 2.75) is 6.43 Å². The molecule has 60 valence electrons. The van der Waals surface area contributed by atoms with E-state index in [0.717, 1.165) is 4.90 Å². The van der Waals surface area contributed by atoms with Gasteiger partial charge in [-0.3, -0.25) is 4.79 Å². The second-order valence-corrected chi connectivity index (χ2v) is 2.36. The maximum Gasteiger partial charge on any atom is 0.255 e.